The Labute approximate surface area is 194 Å². The van der Waals surface area contributed by atoms with Gasteiger partial charge in [0.1, 0.15) is 5.82 Å². The molecule has 3 aromatic rings. The van der Waals surface area contributed by atoms with Crippen molar-refractivity contribution in [2.75, 3.05) is 20.1 Å². The molecule has 8 nitrogen and oxygen atoms in total. The fourth-order valence-electron chi connectivity index (χ4n) is 4.12. The van der Waals surface area contributed by atoms with Gasteiger partial charge < -0.3 is 9.64 Å². The molecule has 2 heterocycles. The van der Waals surface area contributed by atoms with Crippen LogP contribution in [-0.4, -0.2) is 65.8 Å². The minimum Gasteiger partial charge on any atom is -0.373 e. The Morgan fingerprint density at radius 3 is 2.36 bits per heavy atom. The highest BCUT2D eigenvalue weighted by atomic mass is 32.2. The first-order valence-electron chi connectivity index (χ1n) is 10.9. The van der Waals surface area contributed by atoms with Crippen molar-refractivity contribution in [1.82, 2.24) is 19.2 Å². The Bertz CT molecular complexity index is 1270. The van der Waals surface area contributed by atoms with E-state index in [4.69, 9.17) is 4.74 Å². The molecule has 1 aliphatic rings. The Hall–Kier alpha value is -2.88. The van der Waals surface area contributed by atoms with Gasteiger partial charge >= 0.3 is 0 Å². The van der Waals surface area contributed by atoms with Crippen molar-refractivity contribution >= 4 is 26.8 Å². The predicted octanol–water partition coefficient (Wildman–Crippen LogP) is 3.01. The summed E-state index contributed by atoms with van der Waals surface area (Å²) in [5, 5.41) is 0.982. The number of nitrogens with zero attached hydrogens (tertiary/aromatic N) is 4. The first-order chi connectivity index (χ1) is 15.6. The summed E-state index contributed by atoms with van der Waals surface area (Å²) < 4.78 is 33.1. The third-order valence-electron chi connectivity index (χ3n) is 5.69. The van der Waals surface area contributed by atoms with Gasteiger partial charge in [0.25, 0.3) is 5.91 Å². The van der Waals surface area contributed by atoms with Gasteiger partial charge in [0, 0.05) is 36.8 Å². The van der Waals surface area contributed by atoms with E-state index in [2.05, 4.69) is 9.97 Å². The number of morpholine rings is 1. The molecule has 33 heavy (non-hydrogen) atoms. The van der Waals surface area contributed by atoms with Gasteiger partial charge in [-0.05, 0) is 51.1 Å². The number of hydrogen-bond acceptors (Lipinski definition) is 6. The number of amides is 1. The molecule has 1 aromatic heterocycles. The van der Waals surface area contributed by atoms with Crippen LogP contribution < -0.4 is 0 Å². The predicted molar refractivity (Wildman–Crippen MR) is 125 cm³/mol. The average molecular weight is 469 g/mol. The molecule has 0 N–H and O–H groups in total. The molecule has 4 rings (SSSR count). The van der Waals surface area contributed by atoms with Crippen molar-refractivity contribution in [2.45, 2.75) is 44.4 Å². The quantitative estimate of drug-likeness (QED) is 0.572. The summed E-state index contributed by atoms with van der Waals surface area (Å²) in [6.07, 6.45) is -0.335. The van der Waals surface area contributed by atoms with Crippen molar-refractivity contribution in [3.05, 3.63) is 65.6 Å². The summed E-state index contributed by atoms with van der Waals surface area (Å²) in [4.78, 5) is 23.7. The van der Waals surface area contributed by atoms with Crippen LogP contribution in [0.15, 0.2) is 53.4 Å². The first-order valence-corrected chi connectivity index (χ1v) is 12.3. The summed E-state index contributed by atoms with van der Waals surface area (Å²) >= 11 is 0. The number of rotatable bonds is 5. The van der Waals surface area contributed by atoms with E-state index in [-0.39, 0.29) is 29.6 Å². The molecule has 174 valence electrons. The second-order valence-corrected chi connectivity index (χ2v) is 10.4. The Morgan fingerprint density at radius 2 is 1.70 bits per heavy atom. The van der Waals surface area contributed by atoms with Crippen LogP contribution in [0, 0.1) is 6.92 Å². The zero-order valence-electron chi connectivity index (χ0n) is 19.2. The van der Waals surface area contributed by atoms with Crippen molar-refractivity contribution in [3.8, 4) is 0 Å². The van der Waals surface area contributed by atoms with Crippen LogP contribution in [0.3, 0.4) is 0 Å². The normalized spacial score (nSPS) is 19.5. The lowest BCUT2D eigenvalue weighted by molar-refractivity contribution is -0.0440. The summed E-state index contributed by atoms with van der Waals surface area (Å²) in [6.45, 7) is 6.49. The third kappa shape index (κ3) is 4.90. The number of aryl methyl sites for hydroxylation is 1. The monoisotopic (exact) mass is 468 g/mol. The zero-order chi connectivity index (χ0) is 23.8. The lowest BCUT2D eigenvalue weighted by Gasteiger charge is -2.34. The third-order valence-corrected chi connectivity index (χ3v) is 7.54. The molecule has 2 aromatic carbocycles. The molecular formula is C24H28N4O4S. The van der Waals surface area contributed by atoms with Crippen LogP contribution in [-0.2, 0) is 21.3 Å². The van der Waals surface area contributed by atoms with Crippen molar-refractivity contribution in [1.29, 1.82) is 0 Å². The molecule has 2 unspecified atom stereocenters. The highest BCUT2D eigenvalue weighted by Crippen LogP contribution is 2.22. The van der Waals surface area contributed by atoms with E-state index in [1.54, 1.807) is 19.2 Å². The summed E-state index contributed by atoms with van der Waals surface area (Å²) in [5.74, 6) is 0.318. The maximum Gasteiger partial charge on any atom is 0.254 e. The number of fused-ring (bicyclic) bond motifs is 1. The topological polar surface area (TPSA) is 92.7 Å². The van der Waals surface area contributed by atoms with Crippen LogP contribution >= 0.6 is 0 Å². The van der Waals surface area contributed by atoms with Crippen LogP contribution in [0.2, 0.25) is 0 Å². The fraction of sp³-hybridized carbons (Fsp3) is 0.375. The fourth-order valence-corrected chi connectivity index (χ4v) is 5.71. The van der Waals surface area contributed by atoms with E-state index < -0.39 is 10.0 Å². The van der Waals surface area contributed by atoms with Crippen molar-refractivity contribution in [2.24, 2.45) is 0 Å². The Balaban J connectivity index is 1.49. The maximum absolute atomic E-state index is 13.0. The van der Waals surface area contributed by atoms with Crippen LogP contribution in [0.25, 0.3) is 10.9 Å². The van der Waals surface area contributed by atoms with Gasteiger partial charge in [0.05, 0.1) is 29.2 Å². The maximum atomic E-state index is 13.0. The second kappa shape index (κ2) is 9.17. The summed E-state index contributed by atoms with van der Waals surface area (Å²) in [5.41, 5.74) is 2.09. The van der Waals surface area contributed by atoms with E-state index in [1.807, 2.05) is 45.0 Å². The molecule has 9 heteroatoms. The molecule has 0 aliphatic carbocycles. The standard InChI is InChI=1S/C24H28N4O4S/c1-16-13-28(14-17(2)32-16)33(30,31)20-11-9-19(10-12-20)24(29)27(4)15-23-25-18(3)21-7-5-6-8-22(21)26-23/h5-12,16-17H,13-15H2,1-4H3. The first kappa shape index (κ1) is 23.3. The van der Waals surface area contributed by atoms with Crippen LogP contribution in [0.5, 0.6) is 0 Å². The Morgan fingerprint density at radius 1 is 1.06 bits per heavy atom. The van der Waals surface area contributed by atoms with Gasteiger partial charge in [0.15, 0.2) is 0 Å². The number of carbonyl (C=O) groups excluding carboxylic acids is 1. The van der Waals surface area contributed by atoms with E-state index >= 15 is 0 Å². The number of hydrogen-bond donors (Lipinski definition) is 0. The molecule has 0 radical (unpaired) electrons. The van der Waals surface area contributed by atoms with E-state index in [9.17, 15) is 13.2 Å². The minimum absolute atomic E-state index is 0.163. The molecule has 0 saturated carbocycles. The van der Waals surface area contributed by atoms with Gasteiger partial charge in [-0.2, -0.15) is 4.31 Å². The highest BCUT2D eigenvalue weighted by molar-refractivity contribution is 7.89. The number of para-hydroxylation sites is 1. The zero-order valence-corrected chi connectivity index (χ0v) is 20.0. The lowest BCUT2D eigenvalue weighted by atomic mass is 10.2. The van der Waals surface area contributed by atoms with E-state index in [0.29, 0.717) is 24.5 Å². The van der Waals surface area contributed by atoms with Crippen LogP contribution in [0.4, 0.5) is 0 Å². The lowest BCUT2D eigenvalue weighted by Crippen LogP contribution is -2.48. The van der Waals surface area contributed by atoms with Gasteiger partial charge in [-0.1, -0.05) is 18.2 Å². The molecule has 1 amide bonds. The van der Waals surface area contributed by atoms with Crippen molar-refractivity contribution < 1.29 is 17.9 Å². The number of carbonyl (C=O) groups is 1. The molecule has 1 fully saturated rings. The Kier molecular flexibility index (Phi) is 6.47. The smallest absolute Gasteiger partial charge is 0.254 e. The minimum atomic E-state index is -3.66. The molecule has 1 aliphatic heterocycles. The van der Waals surface area contributed by atoms with E-state index in [1.165, 1.54) is 21.3 Å². The van der Waals surface area contributed by atoms with Crippen molar-refractivity contribution in [3.63, 3.8) is 0 Å². The SMILES string of the molecule is Cc1nc(CN(C)C(=O)c2ccc(S(=O)(=O)N3CC(C)OC(C)C3)cc2)nc2ccccc12. The largest absolute Gasteiger partial charge is 0.373 e. The molecule has 1 saturated heterocycles. The molecule has 0 bridgehead atoms. The van der Waals surface area contributed by atoms with Gasteiger partial charge in [-0.25, -0.2) is 18.4 Å². The van der Waals surface area contributed by atoms with Gasteiger partial charge in [0.2, 0.25) is 10.0 Å². The van der Waals surface area contributed by atoms with Crippen LogP contribution in [0.1, 0.15) is 35.7 Å². The molecular weight excluding hydrogens is 440 g/mol. The highest BCUT2D eigenvalue weighted by Gasteiger charge is 2.32. The number of ether oxygens (including phenoxy) is 1. The molecule has 2 atom stereocenters. The summed E-state index contributed by atoms with van der Waals surface area (Å²) in [6, 6.07) is 13.8. The number of sulfonamides is 1. The summed E-state index contributed by atoms with van der Waals surface area (Å²) in [7, 11) is -1.98. The second-order valence-electron chi connectivity index (χ2n) is 8.51. The van der Waals surface area contributed by atoms with Gasteiger partial charge in [-0.15, -0.1) is 0 Å². The number of aromatic nitrogens is 2. The number of benzene rings is 2. The molecule has 0 spiro atoms. The average Bonchev–Trinajstić information content (AvgIpc) is 2.78. The van der Waals surface area contributed by atoms with E-state index in [0.717, 1.165) is 16.6 Å². The van der Waals surface area contributed by atoms with Gasteiger partial charge in [-0.3, -0.25) is 4.79 Å².